The Hall–Kier alpha value is -3.99. The summed E-state index contributed by atoms with van der Waals surface area (Å²) >= 11 is 0. The third-order valence-corrected chi connectivity index (χ3v) is 4.77. The Morgan fingerprint density at radius 2 is 1.81 bits per heavy atom. The molecular formula is C20H15F3N6O2. The van der Waals surface area contributed by atoms with Crippen LogP contribution in [0.3, 0.4) is 0 Å². The van der Waals surface area contributed by atoms with Crippen molar-refractivity contribution in [3.05, 3.63) is 78.6 Å². The number of amides is 1. The van der Waals surface area contributed by atoms with Crippen molar-refractivity contribution in [2.24, 2.45) is 0 Å². The zero-order valence-corrected chi connectivity index (χ0v) is 15.8. The van der Waals surface area contributed by atoms with Gasteiger partial charge in [-0.3, -0.25) is 4.79 Å². The highest BCUT2D eigenvalue weighted by Gasteiger charge is 2.40. The fourth-order valence-electron chi connectivity index (χ4n) is 3.48. The maximum absolute atomic E-state index is 13.3. The topological polar surface area (TPSA) is 74.7 Å². The van der Waals surface area contributed by atoms with Crippen LogP contribution >= 0.6 is 0 Å². The number of para-hydroxylation sites is 2. The van der Waals surface area contributed by atoms with E-state index in [9.17, 15) is 18.0 Å². The van der Waals surface area contributed by atoms with Gasteiger partial charge in [0.1, 0.15) is 11.4 Å². The van der Waals surface area contributed by atoms with Crippen molar-refractivity contribution in [1.82, 2.24) is 15.1 Å². The third kappa shape index (κ3) is 3.55. The van der Waals surface area contributed by atoms with E-state index in [2.05, 4.69) is 20.6 Å². The van der Waals surface area contributed by atoms with E-state index in [1.54, 1.807) is 23.7 Å². The first-order valence-corrected chi connectivity index (χ1v) is 9.21. The molecule has 8 nitrogen and oxygen atoms in total. The second-order valence-corrected chi connectivity index (χ2v) is 6.82. The molecule has 2 aliphatic rings. The second-order valence-electron chi connectivity index (χ2n) is 6.82. The van der Waals surface area contributed by atoms with Crippen LogP contribution in [0.4, 0.5) is 30.2 Å². The number of imidazole rings is 1. The molecular weight excluding hydrogens is 413 g/mol. The van der Waals surface area contributed by atoms with Crippen molar-refractivity contribution in [1.29, 1.82) is 0 Å². The number of anilines is 3. The lowest BCUT2D eigenvalue weighted by Gasteiger charge is -2.29. The molecule has 0 aliphatic carbocycles. The van der Waals surface area contributed by atoms with Crippen molar-refractivity contribution < 1.29 is 22.7 Å². The number of allylic oxidation sites excluding steroid dienone is 1. The molecule has 158 valence electrons. The number of nitrogens with zero attached hydrogens (tertiary/aromatic N) is 4. The van der Waals surface area contributed by atoms with Gasteiger partial charge < -0.3 is 14.6 Å². The number of carbonyl (C=O) groups excluding carboxylic acids is 1. The van der Waals surface area contributed by atoms with Gasteiger partial charge in [-0.15, -0.1) is 18.7 Å². The van der Waals surface area contributed by atoms with Gasteiger partial charge >= 0.3 is 6.36 Å². The Kier molecular flexibility index (Phi) is 4.33. The highest BCUT2D eigenvalue weighted by Crippen LogP contribution is 2.38. The monoisotopic (exact) mass is 428 g/mol. The summed E-state index contributed by atoms with van der Waals surface area (Å²) in [6.45, 7) is 0.375. The summed E-state index contributed by atoms with van der Waals surface area (Å²) in [5.41, 5.74) is 5.95. The maximum Gasteiger partial charge on any atom is 0.573 e. The number of nitrogens with one attached hydrogen (secondary N) is 2. The van der Waals surface area contributed by atoms with Gasteiger partial charge in [-0.1, -0.05) is 12.1 Å². The molecule has 1 aromatic heterocycles. The van der Waals surface area contributed by atoms with Crippen LogP contribution < -0.4 is 25.6 Å². The van der Waals surface area contributed by atoms with Crippen LogP contribution in [0.5, 0.6) is 5.75 Å². The minimum atomic E-state index is -4.79. The number of aromatic nitrogens is 2. The van der Waals surface area contributed by atoms with Gasteiger partial charge in [0.2, 0.25) is 0 Å². The van der Waals surface area contributed by atoms with E-state index in [0.29, 0.717) is 23.6 Å². The van der Waals surface area contributed by atoms with Crippen LogP contribution in [0.15, 0.2) is 78.6 Å². The number of hydrogen-bond donors (Lipinski definition) is 2. The minimum Gasteiger partial charge on any atom is -0.406 e. The standard InChI is InChI=1S/C20H15F3N6O2/c21-20(22,23)31-14-7-5-13(6-8-14)28-19(30)18-16(11-27-10-9-24-12-27)25-15-3-1-2-4-17(15)29(18)26-28/h1-10,12,25-26H,11H2. The van der Waals surface area contributed by atoms with Crippen LogP contribution in [0.2, 0.25) is 0 Å². The minimum absolute atomic E-state index is 0.360. The van der Waals surface area contributed by atoms with Gasteiger partial charge in [0.25, 0.3) is 5.91 Å². The quantitative estimate of drug-likeness (QED) is 0.664. The van der Waals surface area contributed by atoms with Gasteiger partial charge in [0, 0.05) is 12.4 Å². The molecule has 0 saturated carbocycles. The lowest BCUT2D eigenvalue weighted by atomic mass is 10.1. The number of rotatable bonds is 4. The first-order chi connectivity index (χ1) is 14.9. The van der Waals surface area contributed by atoms with E-state index in [4.69, 9.17) is 0 Å². The Labute approximate surface area is 174 Å². The lowest BCUT2D eigenvalue weighted by molar-refractivity contribution is -0.274. The van der Waals surface area contributed by atoms with Crippen LogP contribution in [0, 0.1) is 0 Å². The largest absolute Gasteiger partial charge is 0.573 e. The van der Waals surface area contributed by atoms with Gasteiger partial charge in [-0.05, 0) is 36.4 Å². The Morgan fingerprint density at radius 1 is 1.03 bits per heavy atom. The van der Waals surface area contributed by atoms with Gasteiger partial charge in [0.05, 0.1) is 35.6 Å². The molecule has 1 amide bonds. The zero-order valence-electron chi connectivity index (χ0n) is 15.8. The SMILES string of the molecule is O=C1C2=C(Cn3ccnc3)Nc3ccccc3N2NN1c1ccc(OC(F)(F)F)cc1. The summed E-state index contributed by atoms with van der Waals surface area (Å²) < 4.78 is 43.0. The van der Waals surface area contributed by atoms with Crippen molar-refractivity contribution in [3.8, 4) is 5.75 Å². The van der Waals surface area contributed by atoms with Crippen molar-refractivity contribution in [3.63, 3.8) is 0 Å². The second kappa shape index (κ2) is 7.06. The molecule has 1 saturated heterocycles. The molecule has 31 heavy (non-hydrogen) atoms. The Bertz CT molecular complexity index is 1160. The predicted molar refractivity (Wildman–Crippen MR) is 106 cm³/mol. The molecule has 5 rings (SSSR count). The fourth-order valence-corrected chi connectivity index (χ4v) is 3.48. The number of hydrogen-bond acceptors (Lipinski definition) is 6. The lowest BCUT2D eigenvalue weighted by Crippen LogP contribution is -2.41. The Morgan fingerprint density at radius 3 is 2.52 bits per heavy atom. The summed E-state index contributed by atoms with van der Waals surface area (Å²) in [7, 11) is 0. The number of alkyl halides is 3. The van der Waals surface area contributed by atoms with Gasteiger partial charge in [-0.2, -0.15) is 0 Å². The molecule has 2 aromatic carbocycles. The molecule has 2 aliphatic heterocycles. The summed E-state index contributed by atoms with van der Waals surface area (Å²) in [6.07, 6.45) is 0.284. The Balaban J connectivity index is 1.50. The van der Waals surface area contributed by atoms with E-state index in [0.717, 1.165) is 23.5 Å². The number of hydrazine groups is 2. The molecule has 0 bridgehead atoms. The molecule has 1 fully saturated rings. The molecule has 0 spiro atoms. The fraction of sp³-hybridized carbons (Fsp3) is 0.100. The van der Waals surface area contributed by atoms with E-state index >= 15 is 0 Å². The molecule has 3 aromatic rings. The molecule has 2 N–H and O–H groups in total. The third-order valence-electron chi connectivity index (χ3n) is 4.77. The summed E-state index contributed by atoms with van der Waals surface area (Å²) in [5.74, 6) is -0.728. The molecule has 0 radical (unpaired) electrons. The maximum atomic E-state index is 13.3. The van der Waals surface area contributed by atoms with Crippen LogP contribution in [0.1, 0.15) is 0 Å². The average Bonchev–Trinajstić information content (AvgIpc) is 3.36. The van der Waals surface area contributed by atoms with Crippen molar-refractivity contribution in [2.75, 3.05) is 15.3 Å². The normalized spacial score (nSPS) is 15.6. The van der Waals surface area contributed by atoms with Gasteiger partial charge in [-0.25, -0.2) is 15.0 Å². The van der Waals surface area contributed by atoms with E-state index in [1.165, 1.54) is 17.1 Å². The van der Waals surface area contributed by atoms with E-state index in [-0.39, 0.29) is 11.7 Å². The number of fused-ring (bicyclic) bond motifs is 3. The van der Waals surface area contributed by atoms with Gasteiger partial charge in [0.15, 0.2) is 0 Å². The molecule has 11 heteroatoms. The predicted octanol–water partition coefficient (Wildman–Crippen LogP) is 3.39. The number of carbonyl (C=O) groups is 1. The first-order valence-electron chi connectivity index (χ1n) is 9.21. The molecule has 0 atom stereocenters. The molecule has 0 unspecified atom stereocenters. The summed E-state index contributed by atoms with van der Waals surface area (Å²) in [4.78, 5) is 17.3. The summed E-state index contributed by atoms with van der Waals surface area (Å²) in [5, 5.41) is 6.22. The number of ether oxygens (including phenoxy) is 1. The van der Waals surface area contributed by atoms with E-state index in [1.807, 2.05) is 28.8 Å². The molecule has 3 heterocycles. The van der Waals surface area contributed by atoms with Crippen LogP contribution in [-0.4, -0.2) is 21.8 Å². The smallest absolute Gasteiger partial charge is 0.406 e. The van der Waals surface area contributed by atoms with E-state index < -0.39 is 6.36 Å². The highest BCUT2D eigenvalue weighted by atomic mass is 19.4. The average molecular weight is 428 g/mol. The van der Waals surface area contributed by atoms with Crippen molar-refractivity contribution in [2.45, 2.75) is 12.9 Å². The first kappa shape index (κ1) is 19.0. The number of benzene rings is 2. The van der Waals surface area contributed by atoms with Crippen molar-refractivity contribution >= 4 is 23.0 Å². The highest BCUT2D eigenvalue weighted by molar-refractivity contribution is 6.12. The summed E-state index contributed by atoms with van der Waals surface area (Å²) in [6, 6.07) is 12.5. The zero-order chi connectivity index (χ0) is 21.6. The number of halogens is 3. The van der Waals surface area contributed by atoms with Crippen LogP contribution in [-0.2, 0) is 11.3 Å². The van der Waals surface area contributed by atoms with Crippen LogP contribution in [0.25, 0.3) is 0 Å².